The van der Waals surface area contributed by atoms with Gasteiger partial charge in [0.25, 0.3) is 5.56 Å². The smallest absolute Gasteiger partial charge is 0.328 e. The summed E-state index contributed by atoms with van der Waals surface area (Å²) in [5.41, 5.74) is -0.953. The summed E-state index contributed by atoms with van der Waals surface area (Å²) in [6, 6.07) is 1.94. The van der Waals surface area contributed by atoms with Gasteiger partial charge in [-0.3, -0.25) is 14.3 Å². The normalized spacial score (nSPS) is 11.0. The van der Waals surface area contributed by atoms with Crippen molar-refractivity contribution in [2.75, 3.05) is 12.4 Å². The predicted molar refractivity (Wildman–Crippen MR) is 85.1 cm³/mol. The van der Waals surface area contributed by atoms with Crippen LogP contribution in [0.5, 0.6) is 0 Å². The fourth-order valence-corrected chi connectivity index (χ4v) is 3.04. The number of hydrogen-bond donors (Lipinski definition) is 2. The highest BCUT2D eigenvalue weighted by atomic mass is 79.9. The molecule has 0 amide bonds. The highest BCUT2D eigenvalue weighted by Gasteiger charge is 2.10. The minimum Gasteiger partial charge on any atom is -0.372 e. The van der Waals surface area contributed by atoms with E-state index in [1.807, 2.05) is 11.4 Å². The van der Waals surface area contributed by atoms with Gasteiger partial charge in [-0.05, 0) is 27.4 Å². The number of rotatable bonds is 3. The van der Waals surface area contributed by atoms with Crippen LogP contribution in [0, 0.1) is 0 Å². The third-order valence-corrected chi connectivity index (χ3v) is 4.26. The molecule has 0 saturated heterocycles. The molecule has 0 aliphatic carbocycles. The molecule has 0 unspecified atom stereocenters. The molecule has 3 rings (SSSR count). The zero-order valence-corrected chi connectivity index (χ0v) is 13.3. The first-order valence-electron chi connectivity index (χ1n) is 5.99. The summed E-state index contributed by atoms with van der Waals surface area (Å²) in [5, 5.41) is 5.90. The van der Waals surface area contributed by atoms with Crippen LogP contribution in [0.3, 0.4) is 0 Å². The van der Waals surface area contributed by atoms with Crippen LogP contribution < -0.4 is 16.6 Å². The van der Waals surface area contributed by atoms with E-state index in [1.165, 1.54) is 22.1 Å². The molecule has 21 heavy (non-hydrogen) atoms. The number of H-pyrrole nitrogens is 1. The lowest BCUT2D eigenvalue weighted by molar-refractivity contribution is 0.686. The molecule has 0 bridgehead atoms. The molecule has 3 aromatic heterocycles. The number of nitrogens with zero attached hydrogens (tertiary/aromatic N) is 3. The Hall–Kier alpha value is -2.00. The molecule has 108 valence electrons. The van der Waals surface area contributed by atoms with Crippen LogP contribution in [0.1, 0.15) is 5.82 Å². The van der Waals surface area contributed by atoms with Gasteiger partial charge in [-0.25, -0.2) is 14.8 Å². The van der Waals surface area contributed by atoms with Crippen molar-refractivity contribution >= 4 is 43.3 Å². The summed E-state index contributed by atoms with van der Waals surface area (Å²) in [5.74, 6) is 1.21. The Balaban J connectivity index is 2.08. The molecule has 0 aromatic carbocycles. The number of hydrogen-bond acceptors (Lipinski definition) is 6. The molecule has 0 aliphatic rings. The van der Waals surface area contributed by atoms with Gasteiger partial charge in [0.05, 0.1) is 16.4 Å². The minimum atomic E-state index is -0.496. The van der Waals surface area contributed by atoms with Crippen molar-refractivity contribution in [3.05, 3.63) is 48.8 Å². The maximum absolute atomic E-state index is 11.8. The van der Waals surface area contributed by atoms with Gasteiger partial charge in [0.15, 0.2) is 5.82 Å². The summed E-state index contributed by atoms with van der Waals surface area (Å²) >= 11 is 4.61. The molecule has 0 aliphatic heterocycles. The van der Waals surface area contributed by atoms with Crippen molar-refractivity contribution < 1.29 is 0 Å². The molecular weight excluding hydrogens is 358 g/mol. The number of aromatic amines is 1. The molecule has 0 atom stereocenters. The van der Waals surface area contributed by atoms with Crippen molar-refractivity contribution in [1.29, 1.82) is 0 Å². The van der Waals surface area contributed by atoms with Gasteiger partial charge in [0.2, 0.25) is 0 Å². The molecule has 7 nitrogen and oxygen atoms in total. The Morgan fingerprint density at radius 1 is 1.43 bits per heavy atom. The van der Waals surface area contributed by atoms with Gasteiger partial charge in [-0.1, -0.05) is 0 Å². The average molecular weight is 368 g/mol. The van der Waals surface area contributed by atoms with Gasteiger partial charge in [0, 0.05) is 13.2 Å². The van der Waals surface area contributed by atoms with Gasteiger partial charge < -0.3 is 5.32 Å². The van der Waals surface area contributed by atoms with Crippen molar-refractivity contribution in [1.82, 2.24) is 19.5 Å². The quantitative estimate of drug-likeness (QED) is 0.729. The van der Waals surface area contributed by atoms with Gasteiger partial charge in [-0.15, -0.1) is 11.3 Å². The third kappa shape index (κ3) is 2.61. The molecular formula is C12H10BrN5O2S. The molecule has 2 N–H and O–H groups in total. The van der Waals surface area contributed by atoms with Crippen molar-refractivity contribution in [2.24, 2.45) is 0 Å². The van der Waals surface area contributed by atoms with Crippen molar-refractivity contribution in [3.8, 4) is 0 Å². The Bertz CT molecular complexity index is 929. The summed E-state index contributed by atoms with van der Waals surface area (Å²) in [6.45, 7) is 0.177. The van der Waals surface area contributed by atoms with Gasteiger partial charge >= 0.3 is 5.69 Å². The van der Waals surface area contributed by atoms with E-state index in [-0.39, 0.29) is 11.0 Å². The second-order valence-corrected chi connectivity index (χ2v) is 5.99. The molecule has 3 heterocycles. The molecule has 9 heteroatoms. The molecule has 0 radical (unpaired) electrons. The van der Waals surface area contributed by atoms with E-state index in [9.17, 15) is 9.59 Å². The number of aromatic nitrogens is 4. The number of halogens is 1. The number of fused-ring (bicyclic) bond motifs is 1. The molecule has 3 aromatic rings. The molecule has 0 saturated carbocycles. The molecule has 0 fully saturated rings. The first-order chi connectivity index (χ1) is 10.1. The molecule has 0 spiro atoms. The summed E-state index contributed by atoms with van der Waals surface area (Å²) < 4.78 is 1.63. The summed E-state index contributed by atoms with van der Waals surface area (Å²) in [4.78, 5) is 35.0. The minimum absolute atomic E-state index is 0.177. The maximum Gasteiger partial charge on any atom is 0.328 e. The lowest BCUT2D eigenvalue weighted by Gasteiger charge is -2.07. The Kier molecular flexibility index (Phi) is 3.60. The van der Waals surface area contributed by atoms with Crippen LogP contribution in [0.2, 0.25) is 0 Å². The average Bonchev–Trinajstić information content (AvgIpc) is 2.92. The van der Waals surface area contributed by atoms with Crippen LogP contribution in [-0.4, -0.2) is 26.6 Å². The Morgan fingerprint density at radius 2 is 2.24 bits per heavy atom. The maximum atomic E-state index is 11.8. The van der Waals surface area contributed by atoms with E-state index in [2.05, 4.69) is 36.2 Å². The monoisotopic (exact) mass is 367 g/mol. The second-order valence-electron chi connectivity index (χ2n) is 4.24. The Labute approximate surface area is 130 Å². The number of thiophene rings is 1. The predicted octanol–water partition coefficient (Wildman–Crippen LogP) is 1.39. The summed E-state index contributed by atoms with van der Waals surface area (Å²) in [6.07, 6.45) is 1.43. The lowest BCUT2D eigenvalue weighted by Crippen LogP contribution is -2.30. The van der Waals surface area contributed by atoms with Crippen LogP contribution in [0.4, 0.5) is 5.82 Å². The van der Waals surface area contributed by atoms with Crippen LogP contribution in [-0.2, 0) is 6.54 Å². The van der Waals surface area contributed by atoms with E-state index in [0.29, 0.717) is 11.6 Å². The van der Waals surface area contributed by atoms with Crippen molar-refractivity contribution in [2.45, 2.75) is 6.54 Å². The fourth-order valence-electron chi connectivity index (χ4n) is 1.91. The van der Waals surface area contributed by atoms with Gasteiger partial charge in [0.1, 0.15) is 10.6 Å². The van der Waals surface area contributed by atoms with Gasteiger partial charge in [-0.2, -0.15) is 0 Å². The van der Waals surface area contributed by atoms with E-state index >= 15 is 0 Å². The topological polar surface area (TPSA) is 92.7 Å². The zero-order valence-electron chi connectivity index (χ0n) is 10.9. The first-order valence-corrected chi connectivity index (χ1v) is 7.67. The highest BCUT2D eigenvalue weighted by Crippen LogP contribution is 2.24. The highest BCUT2D eigenvalue weighted by molar-refractivity contribution is 9.10. The van der Waals surface area contributed by atoms with Crippen LogP contribution >= 0.6 is 27.3 Å². The third-order valence-electron chi connectivity index (χ3n) is 2.89. The zero-order chi connectivity index (χ0) is 15.0. The Morgan fingerprint density at radius 3 is 3.00 bits per heavy atom. The standard InChI is InChI=1S/C12H10BrN5O2S/c1-14-9-6-2-3-21-11(6)16-8(15-9)5-18-4-7(13)10(19)17-12(18)20/h2-4H,5H2,1H3,(H,14,15,16)(H,17,19,20). The summed E-state index contributed by atoms with van der Waals surface area (Å²) in [7, 11) is 1.78. The van der Waals surface area contributed by atoms with E-state index in [1.54, 1.807) is 7.05 Å². The van der Waals surface area contributed by atoms with E-state index in [4.69, 9.17) is 0 Å². The van der Waals surface area contributed by atoms with Crippen LogP contribution in [0.15, 0.2) is 31.7 Å². The second kappa shape index (κ2) is 5.41. The lowest BCUT2D eigenvalue weighted by atomic mass is 10.3. The fraction of sp³-hybridized carbons (Fsp3) is 0.167. The first kappa shape index (κ1) is 14.0. The SMILES string of the molecule is CNc1nc(Cn2cc(Br)c(=O)[nH]c2=O)nc2sccc12. The number of nitrogens with one attached hydrogen (secondary N) is 2. The largest absolute Gasteiger partial charge is 0.372 e. The van der Waals surface area contributed by atoms with E-state index < -0.39 is 11.2 Å². The van der Waals surface area contributed by atoms with Crippen LogP contribution in [0.25, 0.3) is 10.2 Å². The number of anilines is 1. The van der Waals surface area contributed by atoms with E-state index in [0.717, 1.165) is 10.2 Å². The van der Waals surface area contributed by atoms with Crippen molar-refractivity contribution in [3.63, 3.8) is 0 Å².